The van der Waals surface area contributed by atoms with Crippen LogP contribution in [-0.4, -0.2) is 72.3 Å². The molecule has 2 amide bonds. The first-order valence-electron chi connectivity index (χ1n) is 13.9. The van der Waals surface area contributed by atoms with Crippen molar-refractivity contribution in [1.29, 1.82) is 0 Å². The van der Waals surface area contributed by atoms with Crippen molar-refractivity contribution in [1.82, 2.24) is 14.7 Å². The number of carbonyl (C=O) groups excluding carboxylic acids is 2. The lowest BCUT2D eigenvalue weighted by molar-refractivity contribution is -0.137. The Bertz CT molecular complexity index is 883. The first kappa shape index (κ1) is 26.0. The van der Waals surface area contributed by atoms with Gasteiger partial charge in [-0.25, -0.2) is 0 Å². The van der Waals surface area contributed by atoms with E-state index in [0.717, 1.165) is 70.7 Å². The molecular weight excluding hydrogens is 438 g/mol. The normalized spacial score (nSPS) is 24.5. The van der Waals surface area contributed by atoms with Gasteiger partial charge in [-0.3, -0.25) is 14.5 Å². The van der Waals surface area contributed by atoms with E-state index < -0.39 is 0 Å². The average Bonchev–Trinajstić information content (AvgIpc) is 3.42. The first-order valence-corrected chi connectivity index (χ1v) is 13.9. The fourth-order valence-corrected chi connectivity index (χ4v) is 6.35. The Morgan fingerprint density at radius 1 is 1.20 bits per heavy atom. The molecule has 1 aromatic rings. The molecule has 0 aromatic carbocycles. The Labute approximate surface area is 211 Å². The summed E-state index contributed by atoms with van der Waals surface area (Å²) < 4.78 is 5.47. The van der Waals surface area contributed by atoms with Crippen molar-refractivity contribution in [3.63, 3.8) is 0 Å². The number of unbranched alkanes of at least 4 members (excludes halogenated alkanes) is 1. The molecule has 3 atom stereocenters. The van der Waals surface area contributed by atoms with E-state index in [1.165, 1.54) is 12.0 Å². The molecule has 6 heteroatoms. The van der Waals surface area contributed by atoms with E-state index in [0.29, 0.717) is 36.1 Å². The topological polar surface area (TPSA) is 57.0 Å². The van der Waals surface area contributed by atoms with Gasteiger partial charge in [0.25, 0.3) is 5.91 Å². The molecule has 1 aliphatic heterocycles. The second-order valence-electron chi connectivity index (χ2n) is 11.4. The fraction of sp³-hybridized carbons (Fsp3) is 0.724. The second kappa shape index (κ2) is 11.3. The summed E-state index contributed by atoms with van der Waals surface area (Å²) in [5.41, 5.74) is 1.77. The summed E-state index contributed by atoms with van der Waals surface area (Å²) in [6.07, 6.45) is 10.6. The van der Waals surface area contributed by atoms with Gasteiger partial charge in [-0.1, -0.05) is 52.2 Å². The van der Waals surface area contributed by atoms with E-state index in [4.69, 9.17) is 4.42 Å². The minimum atomic E-state index is -0.0225. The van der Waals surface area contributed by atoms with E-state index in [1.807, 2.05) is 4.90 Å². The molecule has 3 unspecified atom stereocenters. The van der Waals surface area contributed by atoms with Gasteiger partial charge in [0, 0.05) is 51.7 Å². The van der Waals surface area contributed by atoms with Crippen molar-refractivity contribution < 1.29 is 14.0 Å². The van der Waals surface area contributed by atoms with Crippen molar-refractivity contribution in [2.45, 2.75) is 66.2 Å². The van der Waals surface area contributed by atoms with Crippen LogP contribution in [0.4, 0.5) is 0 Å². The highest BCUT2D eigenvalue weighted by molar-refractivity contribution is 5.91. The lowest BCUT2D eigenvalue weighted by atomic mass is 9.49. The number of nitrogens with zero attached hydrogens (tertiary/aromatic N) is 3. The number of amides is 2. The number of piperazine rings is 1. The predicted molar refractivity (Wildman–Crippen MR) is 139 cm³/mol. The Balaban J connectivity index is 1.33. The molecule has 2 bridgehead atoms. The first-order chi connectivity index (χ1) is 16.8. The molecule has 4 aliphatic rings. The van der Waals surface area contributed by atoms with Crippen molar-refractivity contribution in [3.8, 4) is 0 Å². The number of hydrogen-bond donors (Lipinski definition) is 0. The van der Waals surface area contributed by atoms with Crippen LogP contribution in [0.3, 0.4) is 0 Å². The van der Waals surface area contributed by atoms with Gasteiger partial charge in [0.1, 0.15) is 0 Å². The summed E-state index contributed by atoms with van der Waals surface area (Å²) in [6.45, 7) is 14.6. The van der Waals surface area contributed by atoms with Crippen LogP contribution in [-0.2, 0) is 4.79 Å². The average molecular weight is 484 g/mol. The Morgan fingerprint density at radius 3 is 2.57 bits per heavy atom. The lowest BCUT2D eigenvalue weighted by Crippen LogP contribution is -2.53. The molecule has 3 aliphatic carbocycles. The maximum Gasteiger partial charge on any atom is 0.289 e. The molecule has 5 rings (SSSR count). The lowest BCUT2D eigenvalue weighted by Gasteiger charge is -2.57. The molecule has 1 aromatic heterocycles. The summed E-state index contributed by atoms with van der Waals surface area (Å²) in [5.74, 6) is 2.27. The van der Waals surface area contributed by atoms with Crippen LogP contribution in [0.15, 0.2) is 34.5 Å². The molecule has 35 heavy (non-hydrogen) atoms. The third-order valence-corrected chi connectivity index (χ3v) is 9.09. The third kappa shape index (κ3) is 5.68. The Hall–Kier alpha value is -2.08. The van der Waals surface area contributed by atoms with Gasteiger partial charge < -0.3 is 14.2 Å². The van der Waals surface area contributed by atoms with E-state index >= 15 is 0 Å². The Morgan fingerprint density at radius 2 is 1.97 bits per heavy atom. The second-order valence-corrected chi connectivity index (χ2v) is 11.4. The zero-order chi connectivity index (χ0) is 25.0. The van der Waals surface area contributed by atoms with Gasteiger partial charge in [0.2, 0.25) is 5.91 Å². The van der Waals surface area contributed by atoms with Crippen LogP contribution < -0.4 is 0 Å². The number of hydrogen-bond acceptors (Lipinski definition) is 4. The molecule has 1 saturated carbocycles. The van der Waals surface area contributed by atoms with Crippen LogP contribution in [0.1, 0.15) is 76.8 Å². The summed E-state index contributed by atoms with van der Waals surface area (Å²) in [5, 5.41) is 0. The van der Waals surface area contributed by atoms with Crippen molar-refractivity contribution >= 4 is 11.8 Å². The zero-order valence-corrected chi connectivity index (χ0v) is 22.3. The number of fused-ring (bicyclic) bond motifs is 1. The molecule has 1 saturated heterocycles. The van der Waals surface area contributed by atoms with E-state index in [-0.39, 0.29) is 11.8 Å². The molecule has 2 fully saturated rings. The summed E-state index contributed by atoms with van der Waals surface area (Å²) in [7, 11) is 0. The third-order valence-electron chi connectivity index (χ3n) is 9.09. The largest absolute Gasteiger partial charge is 0.459 e. The maximum atomic E-state index is 13.3. The van der Waals surface area contributed by atoms with Gasteiger partial charge in [0.15, 0.2) is 5.76 Å². The highest BCUT2D eigenvalue weighted by Gasteiger charge is 2.51. The maximum absolute atomic E-state index is 13.3. The van der Waals surface area contributed by atoms with Crippen LogP contribution in [0, 0.1) is 23.2 Å². The highest BCUT2D eigenvalue weighted by atomic mass is 16.3. The smallest absolute Gasteiger partial charge is 0.289 e. The van der Waals surface area contributed by atoms with Crippen LogP contribution in [0.2, 0.25) is 0 Å². The number of carbonyl (C=O) groups is 2. The minimum absolute atomic E-state index is 0.0225. The number of allylic oxidation sites excluding steroid dienone is 1. The molecule has 6 nitrogen and oxygen atoms in total. The summed E-state index contributed by atoms with van der Waals surface area (Å²) in [6, 6.07) is 3.55. The number of rotatable bonds is 11. The van der Waals surface area contributed by atoms with Crippen LogP contribution >= 0.6 is 0 Å². The SMILES string of the molecule is CCCCC(CC)C(=O)N1CCN(CCN(CC2=CCC3CC2C3(C)C)C(=O)c2ccco2)CC1. The zero-order valence-electron chi connectivity index (χ0n) is 22.3. The highest BCUT2D eigenvalue weighted by Crippen LogP contribution is 2.59. The predicted octanol–water partition coefficient (Wildman–Crippen LogP) is 5.07. The molecule has 0 N–H and O–H groups in total. The monoisotopic (exact) mass is 483 g/mol. The summed E-state index contributed by atoms with van der Waals surface area (Å²) in [4.78, 5) is 32.7. The standard InChI is InChI=1S/C29H45N3O3/c1-5-7-9-22(6-2)27(33)31-16-13-30(14-17-31)15-18-32(28(34)26-10-8-19-35-26)21-23-11-12-24-20-25(23)29(24,3)4/h8,10-11,19,22,24-25H,5-7,9,12-18,20-21H2,1-4H3. The van der Waals surface area contributed by atoms with Gasteiger partial charge in [-0.2, -0.15) is 0 Å². The molecule has 0 spiro atoms. The molecule has 0 radical (unpaired) electrons. The van der Waals surface area contributed by atoms with Crippen molar-refractivity contribution in [2.24, 2.45) is 23.2 Å². The fourth-order valence-electron chi connectivity index (χ4n) is 6.35. The van der Waals surface area contributed by atoms with Gasteiger partial charge in [0.05, 0.1) is 6.26 Å². The van der Waals surface area contributed by atoms with Gasteiger partial charge in [-0.05, 0) is 55.1 Å². The van der Waals surface area contributed by atoms with Crippen LogP contribution in [0.5, 0.6) is 0 Å². The van der Waals surface area contributed by atoms with Crippen LogP contribution in [0.25, 0.3) is 0 Å². The van der Waals surface area contributed by atoms with Crippen molar-refractivity contribution in [2.75, 3.05) is 45.8 Å². The van der Waals surface area contributed by atoms with E-state index in [9.17, 15) is 9.59 Å². The van der Waals surface area contributed by atoms with Gasteiger partial charge >= 0.3 is 0 Å². The molecule has 194 valence electrons. The summed E-state index contributed by atoms with van der Waals surface area (Å²) >= 11 is 0. The quantitative estimate of drug-likeness (QED) is 0.412. The number of furan rings is 1. The van der Waals surface area contributed by atoms with E-state index in [1.54, 1.807) is 18.4 Å². The van der Waals surface area contributed by atoms with E-state index in [2.05, 4.69) is 43.6 Å². The molecule has 2 heterocycles. The van der Waals surface area contributed by atoms with Gasteiger partial charge in [-0.15, -0.1) is 0 Å². The minimum Gasteiger partial charge on any atom is -0.459 e. The van der Waals surface area contributed by atoms with Crippen molar-refractivity contribution in [3.05, 3.63) is 35.8 Å². The Kier molecular flexibility index (Phi) is 8.41. The molecular formula is C29H45N3O3.